The molecule has 0 bridgehead atoms. The van der Waals surface area contributed by atoms with E-state index in [0.29, 0.717) is 6.61 Å². The van der Waals surface area contributed by atoms with Crippen molar-refractivity contribution in [2.45, 2.75) is 26.2 Å². The molecule has 1 rings (SSSR count). The predicted molar refractivity (Wildman–Crippen MR) is 68.7 cm³/mol. The normalized spacial score (nSPS) is 10.0. The lowest BCUT2D eigenvalue weighted by molar-refractivity contribution is -0.141. The second-order valence-corrected chi connectivity index (χ2v) is 4.67. The molecular weight excluding hydrogens is 303 g/mol. The van der Waals surface area contributed by atoms with Gasteiger partial charge < -0.3 is 4.74 Å². The lowest BCUT2D eigenvalue weighted by Crippen LogP contribution is -2.00. The van der Waals surface area contributed by atoms with E-state index in [1.165, 1.54) is 16.1 Å². The number of carbonyl (C=O) groups is 1. The van der Waals surface area contributed by atoms with Gasteiger partial charge in [-0.1, -0.05) is 12.1 Å². The van der Waals surface area contributed by atoms with Gasteiger partial charge in [0.2, 0.25) is 0 Å². The minimum absolute atomic E-state index is 0.190. The van der Waals surface area contributed by atoms with Gasteiger partial charge in [-0.25, -0.2) is 0 Å². The molecule has 0 heterocycles. The van der Waals surface area contributed by atoms with Crippen LogP contribution in [0, 0.1) is 3.57 Å². The number of ether oxygens (including phenoxy) is 1. The van der Waals surface area contributed by atoms with Crippen LogP contribution in [0.3, 0.4) is 0 Å². The van der Waals surface area contributed by atoms with Crippen molar-refractivity contribution in [3.05, 3.63) is 33.4 Å². The van der Waals surface area contributed by atoms with Crippen LogP contribution in [0.25, 0.3) is 0 Å². The number of halogens is 1. The van der Waals surface area contributed by atoms with Crippen LogP contribution >= 0.6 is 22.6 Å². The molecule has 1 aromatic carbocycles. The van der Waals surface area contributed by atoms with E-state index >= 15 is 0 Å². The van der Waals surface area contributed by atoms with E-state index < -0.39 is 0 Å². The van der Waals surface area contributed by atoms with Crippen molar-refractivity contribution < 1.29 is 9.53 Å². The first-order chi connectivity index (χ1) is 7.18. The number of unbranched alkanes of at least 4 members (excludes halogenated alkanes) is 1. The van der Waals surface area contributed by atoms with Gasteiger partial charge in [0.05, 0.1) is 6.61 Å². The average molecular weight is 318 g/mol. The number of aryl methyl sites for hydroxylation is 1. The summed E-state index contributed by atoms with van der Waals surface area (Å²) in [4.78, 5) is 10.5. The van der Waals surface area contributed by atoms with Gasteiger partial charge in [0.25, 0.3) is 0 Å². The zero-order chi connectivity index (χ0) is 11.1. The average Bonchev–Trinajstić information content (AvgIpc) is 2.20. The van der Waals surface area contributed by atoms with Crippen LogP contribution in [0.5, 0.6) is 0 Å². The molecule has 0 amide bonds. The molecule has 82 valence electrons. The Labute approximate surface area is 104 Å². The fourth-order valence-electron chi connectivity index (χ4n) is 1.30. The molecule has 0 saturated carbocycles. The van der Waals surface area contributed by atoms with Crippen molar-refractivity contribution in [2.24, 2.45) is 0 Å². The fraction of sp³-hybridized carbons (Fsp3) is 0.417. The Balaban J connectivity index is 2.15. The van der Waals surface area contributed by atoms with E-state index in [1.807, 2.05) is 0 Å². The number of carbonyl (C=O) groups excluding carboxylic acids is 1. The maximum Gasteiger partial charge on any atom is 0.302 e. The van der Waals surface area contributed by atoms with Crippen LogP contribution in [-0.4, -0.2) is 12.6 Å². The van der Waals surface area contributed by atoms with E-state index in [0.717, 1.165) is 19.3 Å². The predicted octanol–water partition coefficient (Wildman–Crippen LogP) is 3.18. The van der Waals surface area contributed by atoms with Crippen molar-refractivity contribution in [1.29, 1.82) is 0 Å². The summed E-state index contributed by atoms with van der Waals surface area (Å²) in [5, 5.41) is 0. The molecule has 0 saturated heterocycles. The number of hydrogen-bond donors (Lipinski definition) is 0. The zero-order valence-electron chi connectivity index (χ0n) is 8.83. The second-order valence-electron chi connectivity index (χ2n) is 3.42. The third-order valence-corrected chi connectivity index (χ3v) is 2.80. The molecule has 0 fully saturated rings. The second kappa shape index (κ2) is 6.82. The fourth-order valence-corrected chi connectivity index (χ4v) is 1.66. The van der Waals surface area contributed by atoms with E-state index in [2.05, 4.69) is 46.9 Å². The van der Waals surface area contributed by atoms with E-state index in [1.54, 1.807) is 0 Å². The van der Waals surface area contributed by atoms with Gasteiger partial charge in [0, 0.05) is 10.5 Å². The standard InChI is InChI=1S/C12H15IO2/c1-10(14)15-9-3-2-4-11-5-7-12(13)8-6-11/h5-8H,2-4,9H2,1H3. The zero-order valence-corrected chi connectivity index (χ0v) is 11.0. The maximum atomic E-state index is 10.5. The molecule has 15 heavy (non-hydrogen) atoms. The van der Waals surface area contributed by atoms with Crippen molar-refractivity contribution >= 4 is 28.6 Å². The van der Waals surface area contributed by atoms with Crippen molar-refractivity contribution in [3.63, 3.8) is 0 Å². The number of hydrogen-bond acceptors (Lipinski definition) is 2. The Hall–Kier alpha value is -0.580. The van der Waals surface area contributed by atoms with Crippen LogP contribution in [-0.2, 0) is 16.0 Å². The molecule has 0 aliphatic rings. The SMILES string of the molecule is CC(=O)OCCCCc1ccc(I)cc1. The Bertz CT molecular complexity index is 306. The van der Waals surface area contributed by atoms with Gasteiger partial charge >= 0.3 is 5.97 Å². The lowest BCUT2D eigenvalue weighted by atomic mass is 10.1. The summed E-state index contributed by atoms with van der Waals surface area (Å²) < 4.78 is 6.12. The number of rotatable bonds is 5. The summed E-state index contributed by atoms with van der Waals surface area (Å²) in [6.45, 7) is 1.98. The topological polar surface area (TPSA) is 26.3 Å². The molecule has 0 unspecified atom stereocenters. The van der Waals surface area contributed by atoms with Gasteiger partial charge in [-0.2, -0.15) is 0 Å². The first-order valence-corrected chi connectivity index (χ1v) is 6.14. The molecule has 0 aromatic heterocycles. The molecule has 0 radical (unpaired) electrons. The number of esters is 1. The third-order valence-electron chi connectivity index (χ3n) is 2.08. The molecule has 0 aliphatic heterocycles. The van der Waals surface area contributed by atoms with Crippen LogP contribution < -0.4 is 0 Å². The highest BCUT2D eigenvalue weighted by molar-refractivity contribution is 14.1. The largest absolute Gasteiger partial charge is 0.466 e. The van der Waals surface area contributed by atoms with Crippen LogP contribution in [0.4, 0.5) is 0 Å². The summed E-state index contributed by atoms with van der Waals surface area (Å²) in [6.07, 6.45) is 3.05. The van der Waals surface area contributed by atoms with Crippen LogP contribution in [0.2, 0.25) is 0 Å². The lowest BCUT2D eigenvalue weighted by Gasteiger charge is -2.02. The summed E-state index contributed by atoms with van der Waals surface area (Å²) in [7, 11) is 0. The quantitative estimate of drug-likeness (QED) is 0.473. The first kappa shape index (κ1) is 12.5. The summed E-state index contributed by atoms with van der Waals surface area (Å²) >= 11 is 2.30. The van der Waals surface area contributed by atoms with Crippen molar-refractivity contribution in [3.8, 4) is 0 Å². The highest BCUT2D eigenvalue weighted by Gasteiger charge is 1.95. The molecule has 2 nitrogen and oxygen atoms in total. The van der Waals surface area contributed by atoms with Gasteiger partial charge in [-0.15, -0.1) is 0 Å². The minimum atomic E-state index is -0.190. The van der Waals surface area contributed by atoms with Gasteiger partial charge in [-0.05, 0) is 59.5 Å². The first-order valence-electron chi connectivity index (χ1n) is 5.06. The Kier molecular flexibility index (Phi) is 5.68. The Morgan fingerprint density at radius 1 is 1.27 bits per heavy atom. The number of benzene rings is 1. The Morgan fingerprint density at radius 3 is 2.53 bits per heavy atom. The molecule has 0 spiro atoms. The van der Waals surface area contributed by atoms with E-state index in [4.69, 9.17) is 4.74 Å². The van der Waals surface area contributed by atoms with Crippen molar-refractivity contribution in [1.82, 2.24) is 0 Å². The minimum Gasteiger partial charge on any atom is -0.466 e. The summed E-state index contributed by atoms with van der Waals surface area (Å²) in [5.41, 5.74) is 1.35. The molecule has 1 aromatic rings. The van der Waals surface area contributed by atoms with E-state index in [-0.39, 0.29) is 5.97 Å². The van der Waals surface area contributed by atoms with Crippen LogP contribution in [0.1, 0.15) is 25.3 Å². The van der Waals surface area contributed by atoms with E-state index in [9.17, 15) is 4.79 Å². The van der Waals surface area contributed by atoms with Gasteiger partial charge in [0.1, 0.15) is 0 Å². The van der Waals surface area contributed by atoms with Crippen LogP contribution in [0.15, 0.2) is 24.3 Å². The smallest absolute Gasteiger partial charge is 0.302 e. The van der Waals surface area contributed by atoms with Crippen molar-refractivity contribution in [2.75, 3.05) is 6.61 Å². The molecular formula is C12H15IO2. The summed E-state index contributed by atoms with van der Waals surface area (Å²) in [6, 6.07) is 8.52. The van der Waals surface area contributed by atoms with Gasteiger partial charge in [-0.3, -0.25) is 4.79 Å². The monoisotopic (exact) mass is 318 g/mol. The molecule has 0 aliphatic carbocycles. The highest BCUT2D eigenvalue weighted by atomic mass is 127. The maximum absolute atomic E-state index is 10.5. The molecule has 0 atom stereocenters. The summed E-state index contributed by atoms with van der Waals surface area (Å²) in [5.74, 6) is -0.190. The third kappa shape index (κ3) is 5.77. The Morgan fingerprint density at radius 2 is 1.93 bits per heavy atom. The molecule has 0 N–H and O–H groups in total. The molecule has 3 heteroatoms. The highest BCUT2D eigenvalue weighted by Crippen LogP contribution is 2.09. The van der Waals surface area contributed by atoms with Gasteiger partial charge in [0.15, 0.2) is 0 Å².